The molecule has 4 unspecified atom stereocenters. The molecule has 0 aromatic carbocycles. The Balaban J connectivity index is 1.29. The summed E-state index contributed by atoms with van der Waals surface area (Å²) >= 11 is 0. The molecule has 160 valence electrons. The first-order chi connectivity index (χ1) is 13.7. The summed E-state index contributed by atoms with van der Waals surface area (Å²) in [6, 6.07) is 0. The largest absolute Gasteiger partial charge is 0.509 e. The van der Waals surface area contributed by atoms with E-state index in [4.69, 9.17) is 34.2 Å². The topological polar surface area (TPSA) is 150 Å². The van der Waals surface area contributed by atoms with Gasteiger partial charge < -0.3 is 34.2 Å². The van der Waals surface area contributed by atoms with Gasteiger partial charge in [-0.25, -0.2) is 9.59 Å². The lowest BCUT2D eigenvalue weighted by atomic mass is 9.91. The Hall–Kier alpha value is -2.56. The van der Waals surface area contributed by atoms with Crippen LogP contribution in [-0.4, -0.2) is 67.4 Å². The Morgan fingerprint density at radius 2 is 1.55 bits per heavy atom. The van der Waals surface area contributed by atoms with E-state index in [0.717, 1.165) is 0 Å². The molecule has 4 fully saturated rings. The predicted molar refractivity (Wildman–Crippen MR) is 90.2 cm³/mol. The van der Waals surface area contributed by atoms with Gasteiger partial charge in [-0.05, 0) is 32.6 Å². The fourth-order valence-electron chi connectivity index (χ4n) is 4.41. The molecule has 2 aliphatic heterocycles. The average molecular weight is 413 g/mol. The van der Waals surface area contributed by atoms with Crippen LogP contribution in [0.15, 0.2) is 0 Å². The van der Waals surface area contributed by atoms with E-state index in [2.05, 4.69) is 0 Å². The van der Waals surface area contributed by atoms with Crippen molar-refractivity contribution < 1.29 is 47.6 Å². The molecule has 2 aliphatic carbocycles. The minimum absolute atomic E-state index is 0.0496. The second-order valence-electron chi connectivity index (χ2n) is 7.98. The Bertz CT molecular complexity index is 740. The van der Waals surface area contributed by atoms with Gasteiger partial charge in [-0.15, -0.1) is 0 Å². The summed E-state index contributed by atoms with van der Waals surface area (Å²) in [7, 11) is 0. The molecule has 0 amide bonds. The number of hydrogen-bond donors (Lipinski definition) is 1. The van der Waals surface area contributed by atoms with Gasteiger partial charge in [0, 0.05) is 5.92 Å². The summed E-state index contributed by atoms with van der Waals surface area (Å²) in [5, 5.41) is 0. The zero-order valence-corrected chi connectivity index (χ0v) is 16.0. The van der Waals surface area contributed by atoms with E-state index < -0.39 is 60.1 Å². The van der Waals surface area contributed by atoms with Crippen LogP contribution in [0.3, 0.4) is 0 Å². The van der Waals surface area contributed by atoms with Gasteiger partial charge >= 0.3 is 24.2 Å². The van der Waals surface area contributed by atoms with Gasteiger partial charge in [-0.2, -0.15) is 0 Å². The van der Waals surface area contributed by atoms with Gasteiger partial charge in [0.1, 0.15) is 31.0 Å². The van der Waals surface area contributed by atoms with E-state index in [9.17, 15) is 19.2 Å². The highest BCUT2D eigenvalue weighted by atomic mass is 16.8. The first-order valence-corrected chi connectivity index (χ1v) is 9.58. The molecule has 0 radical (unpaired) electrons. The van der Waals surface area contributed by atoms with Crippen molar-refractivity contribution in [3.05, 3.63) is 0 Å². The van der Waals surface area contributed by atoms with Crippen LogP contribution >= 0.6 is 0 Å². The first-order valence-electron chi connectivity index (χ1n) is 9.58. The third-order valence-electron chi connectivity index (χ3n) is 6.18. The Morgan fingerprint density at radius 3 is 2.07 bits per heavy atom. The normalized spacial score (nSPS) is 42.2. The van der Waals surface area contributed by atoms with E-state index in [1.54, 1.807) is 13.8 Å². The molecule has 2 heterocycles. The van der Waals surface area contributed by atoms with Crippen LogP contribution in [0.25, 0.3) is 0 Å². The lowest BCUT2D eigenvalue weighted by Crippen LogP contribution is -2.51. The second-order valence-corrected chi connectivity index (χ2v) is 7.98. The summed E-state index contributed by atoms with van der Waals surface area (Å²) in [4.78, 5) is 47.2. The second kappa shape index (κ2) is 7.05. The van der Waals surface area contributed by atoms with Crippen molar-refractivity contribution in [1.29, 1.82) is 0 Å². The molecular weight excluding hydrogens is 390 g/mol. The monoisotopic (exact) mass is 413 g/mol. The SMILES string of the molecule is CC1OC(=O)OC1COC(=O)[C@H]1[C@@H]2CC[C@@](N)(C(=O)OCC3OC(=O)OC3C)[C@@H]21. The molecule has 0 bridgehead atoms. The third-order valence-corrected chi connectivity index (χ3v) is 6.18. The number of nitrogens with two attached hydrogens (primary N) is 1. The lowest BCUT2D eigenvalue weighted by Gasteiger charge is -2.25. The van der Waals surface area contributed by atoms with Gasteiger partial charge in [0.05, 0.1) is 5.92 Å². The maximum atomic E-state index is 12.6. The highest BCUT2D eigenvalue weighted by molar-refractivity contribution is 5.87. The number of carbonyl (C=O) groups excluding carboxylic acids is 4. The fraction of sp³-hybridized carbons (Fsp3) is 0.778. The van der Waals surface area contributed by atoms with Crippen LogP contribution in [0.2, 0.25) is 0 Å². The smallest absolute Gasteiger partial charge is 0.461 e. The molecule has 2 saturated carbocycles. The van der Waals surface area contributed by atoms with Gasteiger partial charge in [0.15, 0.2) is 12.2 Å². The molecule has 0 aromatic heterocycles. The third kappa shape index (κ3) is 3.47. The molecule has 8 atom stereocenters. The Morgan fingerprint density at radius 1 is 1.00 bits per heavy atom. The van der Waals surface area contributed by atoms with E-state index in [-0.39, 0.29) is 25.0 Å². The molecule has 0 aromatic rings. The van der Waals surface area contributed by atoms with Crippen LogP contribution in [0.5, 0.6) is 0 Å². The van der Waals surface area contributed by atoms with Crippen LogP contribution in [0, 0.1) is 17.8 Å². The number of rotatable bonds is 6. The fourth-order valence-corrected chi connectivity index (χ4v) is 4.41. The molecule has 2 saturated heterocycles. The van der Waals surface area contributed by atoms with Gasteiger partial charge in [-0.3, -0.25) is 9.59 Å². The maximum Gasteiger partial charge on any atom is 0.509 e. The number of esters is 2. The molecule has 2 N–H and O–H groups in total. The van der Waals surface area contributed by atoms with E-state index in [1.165, 1.54) is 0 Å². The van der Waals surface area contributed by atoms with Crippen molar-refractivity contribution >= 4 is 24.2 Å². The quantitative estimate of drug-likeness (QED) is 0.472. The van der Waals surface area contributed by atoms with Crippen molar-refractivity contribution in [2.24, 2.45) is 23.5 Å². The Labute approximate surface area is 166 Å². The number of fused-ring (bicyclic) bond motifs is 1. The van der Waals surface area contributed by atoms with E-state index in [0.29, 0.717) is 12.8 Å². The molecule has 4 rings (SSSR count). The molecule has 0 spiro atoms. The van der Waals surface area contributed by atoms with Crippen LogP contribution in [0.1, 0.15) is 26.7 Å². The maximum absolute atomic E-state index is 12.6. The van der Waals surface area contributed by atoms with Crippen molar-refractivity contribution in [3.8, 4) is 0 Å². The summed E-state index contributed by atoms with van der Waals surface area (Å²) < 4.78 is 30.0. The molecule has 4 aliphatic rings. The summed E-state index contributed by atoms with van der Waals surface area (Å²) in [6.45, 7) is 2.99. The van der Waals surface area contributed by atoms with Gasteiger partial charge in [-0.1, -0.05) is 0 Å². The average Bonchev–Trinajstić information content (AvgIpc) is 2.98. The highest BCUT2D eigenvalue weighted by Gasteiger charge is 2.70. The minimum atomic E-state index is -1.29. The lowest BCUT2D eigenvalue weighted by molar-refractivity contribution is -0.155. The van der Waals surface area contributed by atoms with Crippen LogP contribution in [-0.2, 0) is 38.0 Å². The molecule has 11 nitrogen and oxygen atoms in total. The van der Waals surface area contributed by atoms with E-state index in [1.807, 2.05) is 0 Å². The zero-order chi connectivity index (χ0) is 20.9. The van der Waals surface area contributed by atoms with Crippen molar-refractivity contribution in [2.45, 2.75) is 56.6 Å². The number of ether oxygens (including phenoxy) is 6. The summed E-state index contributed by atoms with van der Waals surface area (Å²) in [5.41, 5.74) is 5.02. The first kappa shape index (κ1) is 19.7. The van der Waals surface area contributed by atoms with Gasteiger partial charge in [0.25, 0.3) is 0 Å². The number of carbonyl (C=O) groups is 4. The standard InChI is InChI=1S/C18H23NO10/c1-7-10(28-16(22)26-7)5-24-14(20)12-9-3-4-18(19,13(9)12)15(21)25-6-11-8(2)27-17(23)29-11/h7-13H,3-6,19H2,1-2H3/t7?,8?,9-,10?,11?,12-,13-,18-/m0/s1. The van der Waals surface area contributed by atoms with E-state index >= 15 is 0 Å². The predicted octanol–water partition coefficient (Wildman–Crippen LogP) is 0.274. The van der Waals surface area contributed by atoms with Crippen molar-refractivity contribution in [2.75, 3.05) is 13.2 Å². The van der Waals surface area contributed by atoms with Crippen molar-refractivity contribution in [1.82, 2.24) is 0 Å². The Kier molecular flexibility index (Phi) is 4.80. The number of hydrogen-bond acceptors (Lipinski definition) is 11. The number of cyclic esters (lactones) is 4. The molecule has 29 heavy (non-hydrogen) atoms. The molecular formula is C18H23NO10. The summed E-state index contributed by atoms with van der Waals surface area (Å²) in [6.07, 6.45) is -2.98. The van der Waals surface area contributed by atoms with Crippen molar-refractivity contribution in [3.63, 3.8) is 0 Å². The van der Waals surface area contributed by atoms with Crippen LogP contribution in [0.4, 0.5) is 9.59 Å². The zero-order valence-electron chi connectivity index (χ0n) is 16.0. The van der Waals surface area contributed by atoms with Gasteiger partial charge in [0.2, 0.25) is 0 Å². The van der Waals surface area contributed by atoms with Crippen LogP contribution < -0.4 is 5.73 Å². The molecule has 11 heteroatoms. The minimum Gasteiger partial charge on any atom is -0.461 e. The highest BCUT2D eigenvalue weighted by Crippen LogP contribution is 2.62. The summed E-state index contributed by atoms with van der Waals surface area (Å²) in [5.74, 6) is -2.04.